The predicted octanol–water partition coefficient (Wildman–Crippen LogP) is 11.3. The maximum absolute atomic E-state index is 2.37. The van der Waals surface area contributed by atoms with E-state index in [-0.39, 0.29) is 0 Å². The second-order valence-electron chi connectivity index (χ2n) is 10.5. The minimum Gasteiger partial charge on any atom is -0.0616 e. The highest BCUT2D eigenvalue weighted by Crippen LogP contribution is 2.42. The summed E-state index contributed by atoms with van der Waals surface area (Å²) >= 11 is 0. The molecule has 186 valence electrons. The van der Waals surface area contributed by atoms with Crippen LogP contribution in [0.1, 0.15) is 0 Å². The Morgan fingerprint density at radius 2 is 0.800 bits per heavy atom. The molecule has 0 N–H and O–H groups in total. The van der Waals surface area contributed by atoms with E-state index < -0.39 is 0 Å². The van der Waals surface area contributed by atoms with Crippen molar-refractivity contribution in [3.63, 3.8) is 0 Å². The molecular weight excluding hydrogens is 480 g/mol. The van der Waals surface area contributed by atoms with Crippen LogP contribution in [0.4, 0.5) is 0 Å². The molecule has 0 spiro atoms. The third kappa shape index (κ3) is 3.69. The molecule has 0 nitrogen and oxygen atoms in total. The summed E-state index contributed by atoms with van der Waals surface area (Å²) in [6, 6.07) is 57.6. The number of hydrogen-bond donors (Lipinski definition) is 0. The summed E-state index contributed by atoms with van der Waals surface area (Å²) in [5.41, 5.74) is 7.55. The summed E-state index contributed by atoms with van der Waals surface area (Å²) in [5, 5.41) is 10.2. The highest BCUT2D eigenvalue weighted by Gasteiger charge is 2.14. The Kier molecular flexibility index (Phi) is 5.24. The molecule has 0 aliphatic rings. The molecule has 0 atom stereocenters. The van der Waals surface area contributed by atoms with Crippen molar-refractivity contribution in [2.75, 3.05) is 0 Å². The summed E-state index contributed by atoms with van der Waals surface area (Å²) in [6.45, 7) is 0. The topological polar surface area (TPSA) is 0 Å². The van der Waals surface area contributed by atoms with Gasteiger partial charge in [-0.3, -0.25) is 0 Å². The van der Waals surface area contributed by atoms with E-state index in [2.05, 4.69) is 158 Å². The molecule has 8 aromatic carbocycles. The second kappa shape index (κ2) is 9.22. The van der Waals surface area contributed by atoms with Gasteiger partial charge in [-0.2, -0.15) is 0 Å². The fourth-order valence-corrected chi connectivity index (χ4v) is 6.29. The molecular formula is C40H26. The smallest absolute Gasteiger partial charge is 0.00266 e. The number of rotatable bonds is 3. The van der Waals surface area contributed by atoms with Crippen LogP contribution in [0.25, 0.3) is 76.5 Å². The molecule has 0 unspecified atom stereocenters. The van der Waals surface area contributed by atoms with E-state index >= 15 is 0 Å². The molecule has 0 heteroatoms. The Hall–Kier alpha value is -5.20. The molecule has 0 bridgehead atoms. The van der Waals surface area contributed by atoms with E-state index in [1.807, 2.05) is 0 Å². The van der Waals surface area contributed by atoms with E-state index in [0.717, 1.165) is 0 Å². The molecule has 0 aliphatic heterocycles. The maximum atomic E-state index is 2.37. The van der Waals surface area contributed by atoms with Crippen molar-refractivity contribution < 1.29 is 0 Å². The van der Waals surface area contributed by atoms with Crippen LogP contribution in [0.15, 0.2) is 158 Å². The van der Waals surface area contributed by atoms with Gasteiger partial charge in [0.15, 0.2) is 0 Å². The average Bonchev–Trinajstić information content (AvgIpc) is 3.03. The van der Waals surface area contributed by atoms with Gasteiger partial charge in [-0.15, -0.1) is 0 Å². The summed E-state index contributed by atoms with van der Waals surface area (Å²) < 4.78 is 0. The third-order valence-electron chi connectivity index (χ3n) is 8.24. The number of benzene rings is 8. The van der Waals surface area contributed by atoms with E-state index in [0.29, 0.717) is 0 Å². The van der Waals surface area contributed by atoms with Gasteiger partial charge in [0.25, 0.3) is 0 Å². The van der Waals surface area contributed by atoms with Crippen LogP contribution in [-0.4, -0.2) is 0 Å². The lowest BCUT2D eigenvalue weighted by Crippen LogP contribution is -1.89. The quantitative estimate of drug-likeness (QED) is 0.209. The molecule has 0 aliphatic carbocycles. The molecule has 0 heterocycles. The Labute approximate surface area is 233 Å². The third-order valence-corrected chi connectivity index (χ3v) is 8.24. The lowest BCUT2D eigenvalue weighted by Gasteiger charge is -2.16. The monoisotopic (exact) mass is 506 g/mol. The normalized spacial score (nSPS) is 11.5. The van der Waals surface area contributed by atoms with E-state index in [1.54, 1.807) is 0 Å². The van der Waals surface area contributed by atoms with Gasteiger partial charge in [0.2, 0.25) is 0 Å². The Bertz CT molecular complexity index is 2190. The molecule has 0 fully saturated rings. The van der Waals surface area contributed by atoms with Gasteiger partial charge in [-0.05, 0) is 88.6 Å². The molecule has 0 amide bonds. The molecule has 8 rings (SSSR count). The SMILES string of the molecule is c1ccc2cc(-c3ccc(-c4c5ccccc5cc5c(-c6cccc7ccccc67)cccc45)cc3)ccc2c1. The zero-order chi connectivity index (χ0) is 26.5. The van der Waals surface area contributed by atoms with Crippen molar-refractivity contribution in [3.05, 3.63) is 158 Å². The van der Waals surface area contributed by atoms with Crippen molar-refractivity contribution in [2.45, 2.75) is 0 Å². The first kappa shape index (κ1) is 22.8. The van der Waals surface area contributed by atoms with E-state index in [4.69, 9.17) is 0 Å². The summed E-state index contributed by atoms with van der Waals surface area (Å²) in [6.07, 6.45) is 0. The van der Waals surface area contributed by atoms with Crippen molar-refractivity contribution in [1.29, 1.82) is 0 Å². The molecule has 0 saturated heterocycles. The van der Waals surface area contributed by atoms with Crippen LogP contribution in [-0.2, 0) is 0 Å². The van der Waals surface area contributed by atoms with Crippen LogP contribution in [0.5, 0.6) is 0 Å². The summed E-state index contributed by atoms with van der Waals surface area (Å²) in [4.78, 5) is 0. The van der Waals surface area contributed by atoms with Crippen molar-refractivity contribution in [1.82, 2.24) is 0 Å². The highest BCUT2D eigenvalue weighted by atomic mass is 14.2. The van der Waals surface area contributed by atoms with Gasteiger partial charge in [0, 0.05) is 0 Å². The molecule has 0 radical (unpaired) electrons. The molecule has 8 aromatic rings. The summed E-state index contributed by atoms with van der Waals surface area (Å²) in [5.74, 6) is 0. The minimum atomic E-state index is 1.23. The fourth-order valence-electron chi connectivity index (χ4n) is 6.29. The van der Waals surface area contributed by atoms with Crippen molar-refractivity contribution in [2.24, 2.45) is 0 Å². The minimum absolute atomic E-state index is 1.23. The fraction of sp³-hybridized carbons (Fsp3) is 0. The van der Waals surface area contributed by atoms with Gasteiger partial charge in [-0.1, -0.05) is 146 Å². The lowest BCUT2D eigenvalue weighted by molar-refractivity contribution is 1.63. The van der Waals surface area contributed by atoms with Gasteiger partial charge in [-0.25, -0.2) is 0 Å². The predicted molar refractivity (Wildman–Crippen MR) is 173 cm³/mol. The van der Waals surface area contributed by atoms with Crippen LogP contribution in [0, 0.1) is 0 Å². The van der Waals surface area contributed by atoms with E-state index in [9.17, 15) is 0 Å². The van der Waals surface area contributed by atoms with Gasteiger partial charge in [0.1, 0.15) is 0 Å². The Balaban J connectivity index is 1.34. The number of hydrogen-bond acceptors (Lipinski definition) is 0. The van der Waals surface area contributed by atoms with Crippen molar-refractivity contribution in [3.8, 4) is 33.4 Å². The Morgan fingerprint density at radius 1 is 0.250 bits per heavy atom. The first-order chi connectivity index (χ1) is 19.8. The largest absolute Gasteiger partial charge is 0.0616 e. The lowest BCUT2D eigenvalue weighted by atomic mass is 9.87. The maximum Gasteiger partial charge on any atom is -0.00266 e. The first-order valence-corrected chi connectivity index (χ1v) is 13.9. The van der Waals surface area contributed by atoms with Gasteiger partial charge in [0.05, 0.1) is 0 Å². The highest BCUT2D eigenvalue weighted by molar-refractivity contribution is 6.17. The zero-order valence-corrected chi connectivity index (χ0v) is 22.0. The standard InChI is InChI=1S/C40H26/c1-2-11-31-25-32(24-21-27(31)9-1)28-19-22-30(23-20-28)40-35-15-6-4-12-33(35)26-39-37(17-8-18-38(39)40)36-16-7-13-29-10-3-5-14-34(29)36/h1-26H. The summed E-state index contributed by atoms with van der Waals surface area (Å²) in [7, 11) is 0. The van der Waals surface area contributed by atoms with Crippen LogP contribution in [0.2, 0.25) is 0 Å². The molecule has 40 heavy (non-hydrogen) atoms. The van der Waals surface area contributed by atoms with Crippen molar-refractivity contribution >= 4 is 43.1 Å². The molecule has 0 saturated carbocycles. The van der Waals surface area contributed by atoms with Gasteiger partial charge < -0.3 is 0 Å². The van der Waals surface area contributed by atoms with Crippen LogP contribution in [0.3, 0.4) is 0 Å². The first-order valence-electron chi connectivity index (χ1n) is 13.9. The van der Waals surface area contributed by atoms with E-state index in [1.165, 1.54) is 76.5 Å². The number of fused-ring (bicyclic) bond motifs is 4. The molecule has 0 aromatic heterocycles. The second-order valence-corrected chi connectivity index (χ2v) is 10.5. The van der Waals surface area contributed by atoms with Crippen LogP contribution >= 0.6 is 0 Å². The average molecular weight is 507 g/mol. The Morgan fingerprint density at radius 3 is 1.62 bits per heavy atom. The zero-order valence-electron chi connectivity index (χ0n) is 22.0. The van der Waals surface area contributed by atoms with Gasteiger partial charge >= 0.3 is 0 Å². The van der Waals surface area contributed by atoms with Crippen LogP contribution < -0.4 is 0 Å².